The Labute approximate surface area is 137 Å². The lowest BCUT2D eigenvalue weighted by Crippen LogP contribution is -2.48. The van der Waals surface area contributed by atoms with Gasteiger partial charge < -0.3 is 10.1 Å². The molecule has 1 saturated heterocycles. The topological polar surface area (TPSA) is 67.2 Å². The second-order valence-corrected chi connectivity index (χ2v) is 6.26. The molecule has 1 heterocycles. The number of ketones is 1. The zero-order valence-electron chi connectivity index (χ0n) is 13.7. The lowest BCUT2D eigenvalue weighted by Gasteiger charge is -2.32. The average molecular weight is 315 g/mol. The van der Waals surface area contributed by atoms with Gasteiger partial charge in [-0.2, -0.15) is 0 Å². The number of nitrogens with one attached hydrogen (secondary N) is 1. The van der Waals surface area contributed by atoms with Crippen LogP contribution in [0.15, 0.2) is 30.3 Å². The normalized spacial score (nSPS) is 19.8. The van der Waals surface area contributed by atoms with Crippen LogP contribution in [0.3, 0.4) is 0 Å². The molecule has 1 aromatic rings. The largest absolute Gasteiger partial charge is 0.461 e. The summed E-state index contributed by atoms with van der Waals surface area (Å²) in [5.41, 5.74) is 1.57. The molecule has 0 spiro atoms. The second-order valence-electron chi connectivity index (χ2n) is 6.26. The minimum absolute atomic E-state index is 0.0601. The highest BCUT2D eigenvalue weighted by Crippen LogP contribution is 2.24. The number of ether oxygens (including phenoxy) is 1. The van der Waals surface area contributed by atoms with Crippen LogP contribution >= 0.6 is 0 Å². The number of benzene rings is 1. The highest BCUT2D eigenvalue weighted by atomic mass is 16.6. The Bertz CT molecular complexity index is 553. The third-order valence-corrected chi connectivity index (χ3v) is 4.30. The fraction of sp³-hybridized carbons (Fsp3) is 0.526. The monoisotopic (exact) mass is 315 g/mol. The first kappa shape index (κ1) is 17.4. The first-order valence-corrected chi connectivity index (χ1v) is 8.41. The van der Waals surface area contributed by atoms with Crippen molar-refractivity contribution in [1.29, 1.82) is 5.41 Å². The van der Waals surface area contributed by atoms with Gasteiger partial charge >= 0.3 is 5.97 Å². The number of hydrogen-bond acceptors (Lipinski definition) is 4. The van der Waals surface area contributed by atoms with Crippen LogP contribution in [-0.2, 0) is 20.7 Å². The van der Waals surface area contributed by atoms with Crippen LogP contribution in [0.25, 0.3) is 0 Å². The minimum Gasteiger partial charge on any atom is -0.461 e. The van der Waals surface area contributed by atoms with Crippen LogP contribution in [0.4, 0.5) is 0 Å². The van der Waals surface area contributed by atoms with E-state index in [0.717, 1.165) is 32.1 Å². The van der Waals surface area contributed by atoms with Crippen LogP contribution in [0.1, 0.15) is 51.0 Å². The number of carbonyl (C=O) groups is 2. The molecule has 4 heteroatoms. The van der Waals surface area contributed by atoms with Crippen molar-refractivity contribution in [3.63, 3.8) is 0 Å². The number of hydrogen-bond donors (Lipinski definition) is 1. The number of Topliss-reactive ketones (excluding diaryl/α,β-unsaturated/α-hetero) is 1. The number of cyclic esters (lactones) is 1. The fourth-order valence-electron chi connectivity index (χ4n) is 2.93. The minimum atomic E-state index is -0.496. The summed E-state index contributed by atoms with van der Waals surface area (Å²) in [6.45, 7) is 1.76. The van der Waals surface area contributed by atoms with E-state index in [1.165, 1.54) is 5.56 Å². The van der Waals surface area contributed by atoms with Gasteiger partial charge in [-0.15, -0.1) is 0 Å². The molecule has 0 aromatic heterocycles. The summed E-state index contributed by atoms with van der Waals surface area (Å²) in [5.74, 6) is -0.800. The molecule has 0 saturated carbocycles. The van der Waals surface area contributed by atoms with Crippen molar-refractivity contribution in [1.82, 2.24) is 0 Å². The third kappa shape index (κ3) is 5.31. The van der Waals surface area contributed by atoms with Gasteiger partial charge in [-0.05, 0) is 31.7 Å². The van der Waals surface area contributed by atoms with Gasteiger partial charge in [-0.3, -0.25) is 9.59 Å². The van der Waals surface area contributed by atoms with E-state index in [4.69, 9.17) is 10.1 Å². The van der Waals surface area contributed by atoms with Crippen LogP contribution < -0.4 is 0 Å². The predicted molar refractivity (Wildman–Crippen MR) is 89.6 cm³/mol. The predicted octanol–water partition coefficient (Wildman–Crippen LogP) is 3.72. The molecule has 0 bridgehead atoms. The molecule has 23 heavy (non-hydrogen) atoms. The first-order chi connectivity index (χ1) is 11.1. The number of carbonyl (C=O) groups excluding carboxylic acids is 2. The van der Waals surface area contributed by atoms with Crippen molar-refractivity contribution in [2.45, 2.75) is 58.0 Å². The zero-order valence-corrected chi connectivity index (χ0v) is 13.7. The molecule has 1 N–H and O–H groups in total. The maximum absolute atomic E-state index is 11.9. The standard InChI is InChI=1S/C19H25NO3/c1-14-18(19(22)23-14)17(20)13-16(21)12-8-3-2-5-9-15-10-6-4-7-11-15/h4,6-7,10-11,14,18,20H,2-3,5,8-9,12-13H2,1H3/t14-,18-/m0/s1. The molecule has 0 amide bonds. The number of rotatable bonds is 10. The molecule has 1 aromatic carbocycles. The van der Waals surface area contributed by atoms with Gasteiger partial charge in [0.05, 0.1) is 0 Å². The SMILES string of the molecule is C[C@@H]1OC(=O)[C@@H]1C(=N)CC(=O)CCCCCCc1ccccc1. The quantitative estimate of drug-likeness (QED) is 0.406. The third-order valence-electron chi connectivity index (χ3n) is 4.30. The van der Waals surface area contributed by atoms with Crippen LogP contribution in [0.2, 0.25) is 0 Å². The van der Waals surface area contributed by atoms with Crippen molar-refractivity contribution < 1.29 is 14.3 Å². The maximum Gasteiger partial charge on any atom is 0.318 e. The molecular weight excluding hydrogens is 290 g/mol. The van der Waals surface area contributed by atoms with Gasteiger partial charge in [0.15, 0.2) is 0 Å². The Morgan fingerprint density at radius 1 is 1.13 bits per heavy atom. The van der Waals surface area contributed by atoms with E-state index in [0.29, 0.717) is 6.42 Å². The van der Waals surface area contributed by atoms with E-state index in [2.05, 4.69) is 24.3 Å². The Morgan fingerprint density at radius 3 is 2.48 bits per heavy atom. The highest BCUT2D eigenvalue weighted by molar-refractivity contribution is 6.11. The van der Waals surface area contributed by atoms with Crippen LogP contribution in [-0.4, -0.2) is 23.6 Å². The lowest BCUT2D eigenvalue weighted by atomic mass is 9.89. The summed E-state index contributed by atoms with van der Waals surface area (Å²) in [4.78, 5) is 23.1. The van der Waals surface area contributed by atoms with Crippen LogP contribution in [0.5, 0.6) is 0 Å². The molecule has 4 nitrogen and oxygen atoms in total. The molecule has 1 aliphatic heterocycles. The van der Waals surface area contributed by atoms with Gasteiger partial charge in [0, 0.05) is 18.6 Å². The first-order valence-electron chi connectivity index (χ1n) is 8.41. The summed E-state index contributed by atoms with van der Waals surface area (Å²) in [5, 5.41) is 7.86. The zero-order chi connectivity index (χ0) is 16.7. The van der Waals surface area contributed by atoms with Crippen molar-refractivity contribution in [3.05, 3.63) is 35.9 Å². The van der Waals surface area contributed by atoms with Gasteiger partial charge in [0.1, 0.15) is 17.8 Å². The maximum atomic E-state index is 11.9. The summed E-state index contributed by atoms with van der Waals surface area (Å²) in [6, 6.07) is 10.4. The Hall–Kier alpha value is -1.97. The molecule has 124 valence electrons. The molecular formula is C19H25NO3. The van der Waals surface area contributed by atoms with Crippen molar-refractivity contribution in [3.8, 4) is 0 Å². The van der Waals surface area contributed by atoms with Crippen LogP contribution in [0, 0.1) is 11.3 Å². The summed E-state index contributed by atoms with van der Waals surface area (Å²) in [7, 11) is 0. The van der Waals surface area contributed by atoms with Gasteiger partial charge in [-0.1, -0.05) is 43.2 Å². The second kappa shape index (κ2) is 8.61. The lowest BCUT2D eigenvalue weighted by molar-refractivity contribution is -0.174. The molecule has 2 atom stereocenters. The Balaban J connectivity index is 1.53. The van der Waals surface area contributed by atoms with Gasteiger partial charge in [0.25, 0.3) is 0 Å². The van der Waals surface area contributed by atoms with E-state index >= 15 is 0 Å². The number of unbranched alkanes of at least 4 members (excludes halogenated alkanes) is 3. The summed E-state index contributed by atoms with van der Waals surface area (Å²) < 4.78 is 4.83. The van der Waals surface area contributed by atoms with Crippen molar-refractivity contribution >= 4 is 17.5 Å². The average Bonchev–Trinajstić information content (AvgIpc) is 2.51. The molecule has 1 aliphatic rings. The highest BCUT2D eigenvalue weighted by Gasteiger charge is 2.42. The molecule has 1 fully saturated rings. The molecule has 0 unspecified atom stereocenters. The Morgan fingerprint density at radius 2 is 1.83 bits per heavy atom. The van der Waals surface area contributed by atoms with E-state index in [9.17, 15) is 9.59 Å². The molecule has 0 aliphatic carbocycles. The van der Waals surface area contributed by atoms with Crippen molar-refractivity contribution in [2.75, 3.05) is 0 Å². The molecule has 0 radical (unpaired) electrons. The van der Waals surface area contributed by atoms with Gasteiger partial charge in [-0.25, -0.2) is 0 Å². The smallest absolute Gasteiger partial charge is 0.318 e. The Kier molecular flexibility index (Phi) is 6.51. The number of esters is 1. The van der Waals surface area contributed by atoms with E-state index in [1.54, 1.807) is 6.92 Å². The molecule has 2 rings (SSSR count). The van der Waals surface area contributed by atoms with Crippen molar-refractivity contribution in [2.24, 2.45) is 5.92 Å². The summed E-state index contributed by atoms with van der Waals surface area (Å²) in [6.07, 6.45) is 5.59. The van der Waals surface area contributed by atoms with Gasteiger partial charge in [0.2, 0.25) is 0 Å². The number of aryl methyl sites for hydroxylation is 1. The van der Waals surface area contributed by atoms with E-state index in [1.807, 2.05) is 6.07 Å². The summed E-state index contributed by atoms with van der Waals surface area (Å²) >= 11 is 0. The fourth-order valence-corrected chi connectivity index (χ4v) is 2.93. The van der Waals surface area contributed by atoms with E-state index < -0.39 is 5.92 Å². The van der Waals surface area contributed by atoms with E-state index in [-0.39, 0.29) is 30.0 Å².